The van der Waals surface area contributed by atoms with Crippen molar-refractivity contribution >= 4 is 23.2 Å². The molecule has 0 aliphatic rings. The van der Waals surface area contributed by atoms with Gasteiger partial charge in [0.25, 0.3) is 0 Å². The minimum atomic E-state index is 0.603. The molecule has 6 heteroatoms. The Labute approximate surface area is 135 Å². The van der Waals surface area contributed by atoms with Crippen molar-refractivity contribution in [2.24, 2.45) is 7.05 Å². The number of nitrogens with zero attached hydrogens (tertiary/aromatic N) is 2. The van der Waals surface area contributed by atoms with Crippen molar-refractivity contribution in [2.75, 3.05) is 7.11 Å². The van der Waals surface area contributed by atoms with Crippen LogP contribution in [0, 0.1) is 0 Å². The lowest BCUT2D eigenvalue weighted by Crippen LogP contribution is -2.16. The largest absolute Gasteiger partial charge is 0.496 e. The topological polar surface area (TPSA) is 39.1 Å². The van der Waals surface area contributed by atoms with Gasteiger partial charge in [-0.2, -0.15) is 5.10 Å². The molecule has 0 unspecified atom stereocenters. The summed E-state index contributed by atoms with van der Waals surface area (Å²) in [5.41, 5.74) is 2.83. The van der Waals surface area contributed by atoms with Crippen LogP contribution in [-0.2, 0) is 26.6 Å². The van der Waals surface area contributed by atoms with Crippen molar-refractivity contribution in [3.05, 3.63) is 45.2 Å². The third-order valence-electron chi connectivity index (χ3n) is 3.39. The van der Waals surface area contributed by atoms with Gasteiger partial charge in [0.15, 0.2) is 0 Å². The number of ether oxygens (including phenoxy) is 1. The SMILES string of the molecule is CCc1nn(C)c(CNCc2c(Cl)cccc2OC)c1Cl. The second-order valence-electron chi connectivity index (χ2n) is 4.71. The zero-order valence-corrected chi connectivity index (χ0v) is 13.9. The first-order valence-electron chi connectivity index (χ1n) is 6.80. The molecule has 21 heavy (non-hydrogen) atoms. The number of aromatic nitrogens is 2. The van der Waals surface area contributed by atoms with Crippen molar-refractivity contribution < 1.29 is 4.74 Å². The Morgan fingerprint density at radius 2 is 2.05 bits per heavy atom. The van der Waals surface area contributed by atoms with Crippen LogP contribution in [0.2, 0.25) is 10.0 Å². The molecule has 0 aliphatic carbocycles. The Hall–Kier alpha value is -1.23. The molecule has 4 nitrogen and oxygen atoms in total. The molecule has 0 fully saturated rings. The summed E-state index contributed by atoms with van der Waals surface area (Å²) in [6.45, 7) is 3.27. The number of benzene rings is 1. The summed E-state index contributed by atoms with van der Waals surface area (Å²) >= 11 is 12.5. The molecule has 2 aromatic rings. The number of hydrogen-bond donors (Lipinski definition) is 1. The molecule has 0 spiro atoms. The normalized spacial score (nSPS) is 10.9. The summed E-state index contributed by atoms with van der Waals surface area (Å²) in [5.74, 6) is 0.778. The van der Waals surface area contributed by atoms with E-state index in [1.165, 1.54) is 0 Å². The zero-order chi connectivity index (χ0) is 15.4. The molecule has 1 heterocycles. The standard InChI is InChI=1S/C15H19Cl2N3O/c1-4-12-15(17)13(20(2)19-12)9-18-8-10-11(16)6-5-7-14(10)21-3/h5-7,18H,4,8-9H2,1-3H3. The molecular weight excluding hydrogens is 309 g/mol. The molecule has 0 bridgehead atoms. The fraction of sp³-hybridized carbons (Fsp3) is 0.400. The van der Waals surface area contributed by atoms with Gasteiger partial charge in [-0.05, 0) is 18.6 Å². The third kappa shape index (κ3) is 3.51. The van der Waals surface area contributed by atoms with Gasteiger partial charge in [-0.25, -0.2) is 0 Å². The highest BCUT2D eigenvalue weighted by Gasteiger charge is 2.13. The summed E-state index contributed by atoms with van der Waals surface area (Å²) in [4.78, 5) is 0. The van der Waals surface area contributed by atoms with E-state index in [4.69, 9.17) is 27.9 Å². The molecule has 0 atom stereocenters. The Morgan fingerprint density at radius 1 is 1.29 bits per heavy atom. The maximum absolute atomic E-state index is 6.33. The van der Waals surface area contributed by atoms with E-state index in [1.54, 1.807) is 7.11 Å². The van der Waals surface area contributed by atoms with Crippen LogP contribution in [-0.4, -0.2) is 16.9 Å². The second-order valence-corrected chi connectivity index (χ2v) is 5.49. The fourth-order valence-electron chi connectivity index (χ4n) is 2.22. The minimum absolute atomic E-state index is 0.603. The Balaban J connectivity index is 2.07. The number of nitrogens with one attached hydrogen (secondary N) is 1. The fourth-order valence-corrected chi connectivity index (χ4v) is 2.81. The van der Waals surface area contributed by atoms with Crippen LogP contribution in [0.4, 0.5) is 0 Å². The highest BCUT2D eigenvalue weighted by atomic mass is 35.5. The molecule has 1 N–H and O–H groups in total. The van der Waals surface area contributed by atoms with Crippen molar-refractivity contribution in [3.8, 4) is 5.75 Å². The van der Waals surface area contributed by atoms with E-state index in [2.05, 4.69) is 10.4 Å². The monoisotopic (exact) mass is 327 g/mol. The molecule has 0 saturated heterocycles. The van der Waals surface area contributed by atoms with E-state index in [0.717, 1.165) is 34.1 Å². The quantitative estimate of drug-likeness (QED) is 0.881. The lowest BCUT2D eigenvalue weighted by molar-refractivity contribution is 0.407. The first-order chi connectivity index (χ1) is 10.1. The zero-order valence-electron chi connectivity index (χ0n) is 12.4. The summed E-state index contributed by atoms with van der Waals surface area (Å²) in [6, 6.07) is 5.62. The Bertz CT molecular complexity index is 626. The number of methoxy groups -OCH3 is 1. The molecule has 1 aromatic carbocycles. The van der Waals surface area contributed by atoms with E-state index in [-0.39, 0.29) is 0 Å². The molecule has 0 amide bonds. The summed E-state index contributed by atoms with van der Waals surface area (Å²) in [6.07, 6.45) is 0.824. The van der Waals surface area contributed by atoms with E-state index in [0.29, 0.717) is 18.1 Å². The average Bonchev–Trinajstić information content (AvgIpc) is 2.75. The summed E-state index contributed by atoms with van der Waals surface area (Å²) in [5, 5.41) is 9.16. The van der Waals surface area contributed by atoms with Crippen molar-refractivity contribution in [3.63, 3.8) is 0 Å². The van der Waals surface area contributed by atoms with Gasteiger partial charge in [0.1, 0.15) is 5.75 Å². The van der Waals surface area contributed by atoms with Crippen molar-refractivity contribution in [2.45, 2.75) is 26.4 Å². The lowest BCUT2D eigenvalue weighted by Gasteiger charge is -2.11. The summed E-state index contributed by atoms with van der Waals surface area (Å²) < 4.78 is 7.15. The molecule has 114 valence electrons. The lowest BCUT2D eigenvalue weighted by atomic mass is 10.2. The van der Waals surface area contributed by atoms with Gasteiger partial charge >= 0.3 is 0 Å². The molecule has 1 aromatic heterocycles. The van der Waals surface area contributed by atoms with E-state index >= 15 is 0 Å². The van der Waals surface area contributed by atoms with Gasteiger partial charge in [0.2, 0.25) is 0 Å². The van der Waals surface area contributed by atoms with E-state index in [1.807, 2.05) is 36.9 Å². The van der Waals surface area contributed by atoms with Gasteiger partial charge in [0, 0.05) is 30.7 Å². The van der Waals surface area contributed by atoms with Crippen LogP contribution >= 0.6 is 23.2 Å². The van der Waals surface area contributed by atoms with Crippen LogP contribution in [0.1, 0.15) is 23.9 Å². The molecule has 2 rings (SSSR count). The molecule has 0 saturated carbocycles. The first-order valence-corrected chi connectivity index (χ1v) is 7.56. The van der Waals surface area contributed by atoms with E-state index < -0.39 is 0 Å². The van der Waals surface area contributed by atoms with Gasteiger partial charge in [-0.1, -0.05) is 36.2 Å². The smallest absolute Gasteiger partial charge is 0.124 e. The summed E-state index contributed by atoms with van der Waals surface area (Å²) in [7, 11) is 3.54. The predicted octanol–water partition coefficient (Wildman–Crippen LogP) is 3.59. The van der Waals surface area contributed by atoms with Crippen LogP contribution in [0.3, 0.4) is 0 Å². The number of hydrogen-bond acceptors (Lipinski definition) is 3. The van der Waals surface area contributed by atoms with Gasteiger partial charge in [0.05, 0.1) is 23.5 Å². The van der Waals surface area contributed by atoms with E-state index in [9.17, 15) is 0 Å². The molecular formula is C15H19Cl2N3O. The Kier molecular flexibility index (Phi) is 5.51. The minimum Gasteiger partial charge on any atom is -0.496 e. The molecule has 0 aliphatic heterocycles. The van der Waals surface area contributed by atoms with Crippen LogP contribution in [0.15, 0.2) is 18.2 Å². The maximum Gasteiger partial charge on any atom is 0.124 e. The maximum atomic E-state index is 6.33. The van der Waals surface area contributed by atoms with Crippen molar-refractivity contribution in [1.82, 2.24) is 15.1 Å². The van der Waals surface area contributed by atoms with Crippen LogP contribution < -0.4 is 10.1 Å². The average molecular weight is 328 g/mol. The Morgan fingerprint density at radius 3 is 2.67 bits per heavy atom. The number of aryl methyl sites for hydroxylation is 2. The van der Waals surface area contributed by atoms with Gasteiger partial charge < -0.3 is 10.1 Å². The van der Waals surface area contributed by atoms with Gasteiger partial charge in [-0.15, -0.1) is 0 Å². The number of halogens is 2. The highest BCUT2D eigenvalue weighted by Crippen LogP contribution is 2.26. The predicted molar refractivity (Wildman–Crippen MR) is 86.1 cm³/mol. The van der Waals surface area contributed by atoms with Crippen molar-refractivity contribution in [1.29, 1.82) is 0 Å². The molecule has 0 radical (unpaired) electrons. The first kappa shape index (κ1) is 16.1. The highest BCUT2D eigenvalue weighted by molar-refractivity contribution is 6.32. The van der Waals surface area contributed by atoms with Gasteiger partial charge in [-0.3, -0.25) is 4.68 Å². The third-order valence-corrected chi connectivity index (χ3v) is 4.18. The van der Waals surface area contributed by atoms with Crippen LogP contribution in [0.5, 0.6) is 5.75 Å². The second kappa shape index (κ2) is 7.16. The van der Waals surface area contributed by atoms with Crippen LogP contribution in [0.25, 0.3) is 0 Å². The number of rotatable bonds is 6.